The van der Waals surface area contributed by atoms with E-state index in [0.717, 1.165) is 62.9 Å². The van der Waals surface area contributed by atoms with Crippen LogP contribution in [0.2, 0.25) is 0 Å². The van der Waals surface area contributed by atoms with Crippen molar-refractivity contribution in [3.8, 4) is 0 Å². The van der Waals surface area contributed by atoms with Crippen LogP contribution in [-0.2, 0) is 4.74 Å². The fraction of sp³-hybridized carbons (Fsp3) is 0.933. The maximum Gasteiger partial charge on any atom is 0.410 e. The number of hydrogen-bond acceptors (Lipinski definition) is 3. The van der Waals surface area contributed by atoms with Crippen molar-refractivity contribution in [3.05, 3.63) is 0 Å². The fourth-order valence-electron chi connectivity index (χ4n) is 3.41. The average molecular weight is 267 g/mol. The van der Waals surface area contributed by atoms with E-state index in [1.54, 1.807) is 0 Å². The predicted molar refractivity (Wildman–Crippen MR) is 71.7 cm³/mol. The van der Waals surface area contributed by atoms with Gasteiger partial charge in [-0.05, 0) is 63.2 Å². The summed E-state index contributed by atoms with van der Waals surface area (Å²) in [6.07, 6.45) is 6.39. The fourth-order valence-corrected chi connectivity index (χ4v) is 3.41. The Balaban J connectivity index is 1.41. The molecule has 4 nitrogen and oxygen atoms in total. The maximum atomic E-state index is 12.0. The molecule has 4 heteroatoms. The molecule has 0 bridgehead atoms. The number of nitrogens with zero attached hydrogens (tertiary/aromatic N) is 1. The standard InChI is InChI=1S/C15H25NO3/c1-15(5-6-15)19-14(18)16-7-2-11(3-8-16)13-10-12(13)4-9-17/h11-13,17H,2-10H2,1H3/t12-,13?/m1/s1. The van der Waals surface area contributed by atoms with E-state index in [-0.39, 0.29) is 11.7 Å². The molecule has 1 aliphatic heterocycles. The van der Waals surface area contributed by atoms with Gasteiger partial charge in [-0.3, -0.25) is 0 Å². The first-order valence-electron chi connectivity index (χ1n) is 7.70. The van der Waals surface area contributed by atoms with Gasteiger partial charge in [-0.25, -0.2) is 4.79 Å². The molecule has 1 saturated heterocycles. The van der Waals surface area contributed by atoms with Crippen LogP contribution in [0.25, 0.3) is 0 Å². The number of ether oxygens (including phenoxy) is 1. The van der Waals surface area contributed by atoms with Gasteiger partial charge in [0.2, 0.25) is 0 Å². The van der Waals surface area contributed by atoms with Gasteiger partial charge in [0, 0.05) is 19.7 Å². The normalized spacial score (nSPS) is 33.1. The van der Waals surface area contributed by atoms with Gasteiger partial charge in [0.15, 0.2) is 0 Å². The van der Waals surface area contributed by atoms with E-state index in [0.29, 0.717) is 6.61 Å². The lowest BCUT2D eigenvalue weighted by atomic mass is 9.91. The number of amides is 1. The van der Waals surface area contributed by atoms with Crippen molar-refractivity contribution < 1.29 is 14.6 Å². The summed E-state index contributed by atoms with van der Waals surface area (Å²) < 4.78 is 5.51. The highest BCUT2D eigenvalue weighted by Gasteiger charge is 2.45. The van der Waals surface area contributed by atoms with Crippen molar-refractivity contribution in [1.82, 2.24) is 4.90 Å². The number of aliphatic hydroxyl groups is 1. The van der Waals surface area contributed by atoms with E-state index in [1.165, 1.54) is 6.42 Å². The molecule has 3 aliphatic rings. The van der Waals surface area contributed by atoms with Gasteiger partial charge in [0.25, 0.3) is 0 Å². The van der Waals surface area contributed by atoms with Crippen LogP contribution in [0, 0.1) is 17.8 Å². The monoisotopic (exact) mass is 267 g/mol. The van der Waals surface area contributed by atoms with E-state index in [2.05, 4.69) is 0 Å². The van der Waals surface area contributed by atoms with Crippen molar-refractivity contribution >= 4 is 6.09 Å². The first-order chi connectivity index (χ1) is 9.11. The van der Waals surface area contributed by atoms with Crippen LogP contribution in [0.3, 0.4) is 0 Å². The van der Waals surface area contributed by atoms with Crippen LogP contribution in [0.5, 0.6) is 0 Å². The third-order valence-electron chi connectivity index (χ3n) is 5.17. The molecule has 1 N–H and O–H groups in total. The number of carbonyl (C=O) groups is 1. The van der Waals surface area contributed by atoms with Gasteiger partial charge in [0.05, 0.1) is 0 Å². The van der Waals surface area contributed by atoms with Crippen molar-refractivity contribution in [2.45, 2.75) is 51.0 Å². The molecule has 3 fully saturated rings. The predicted octanol–water partition coefficient (Wildman–Crippen LogP) is 2.41. The number of hydrogen-bond donors (Lipinski definition) is 1. The summed E-state index contributed by atoms with van der Waals surface area (Å²) in [5.74, 6) is 2.32. The smallest absolute Gasteiger partial charge is 0.410 e. The lowest BCUT2D eigenvalue weighted by Gasteiger charge is -2.32. The number of piperidine rings is 1. The molecule has 1 amide bonds. The zero-order chi connectivity index (χ0) is 13.5. The van der Waals surface area contributed by atoms with Crippen molar-refractivity contribution in [1.29, 1.82) is 0 Å². The van der Waals surface area contributed by atoms with Crippen LogP contribution in [0.1, 0.15) is 45.4 Å². The zero-order valence-electron chi connectivity index (χ0n) is 11.8. The second-order valence-electron chi connectivity index (χ2n) is 6.81. The number of aliphatic hydroxyl groups excluding tert-OH is 1. The summed E-state index contributed by atoms with van der Waals surface area (Å²) in [6, 6.07) is 0. The largest absolute Gasteiger partial charge is 0.443 e. The molecule has 0 aromatic carbocycles. The van der Waals surface area contributed by atoms with E-state index in [9.17, 15) is 4.79 Å². The van der Waals surface area contributed by atoms with E-state index < -0.39 is 0 Å². The Morgan fingerprint density at radius 1 is 1.37 bits per heavy atom. The van der Waals surface area contributed by atoms with E-state index >= 15 is 0 Å². The average Bonchev–Trinajstić information content (AvgIpc) is 3.29. The summed E-state index contributed by atoms with van der Waals surface area (Å²) in [5.41, 5.74) is -0.156. The molecule has 0 aromatic heterocycles. The van der Waals surface area contributed by atoms with Crippen LogP contribution in [0.15, 0.2) is 0 Å². The van der Waals surface area contributed by atoms with Gasteiger partial charge in [0.1, 0.15) is 5.60 Å². The Hall–Kier alpha value is -0.770. The second kappa shape index (κ2) is 4.97. The minimum Gasteiger partial charge on any atom is -0.443 e. The molecule has 0 aromatic rings. The maximum absolute atomic E-state index is 12.0. The third-order valence-corrected chi connectivity index (χ3v) is 5.17. The molecular formula is C15H25NO3. The number of rotatable bonds is 4. The third kappa shape index (κ3) is 3.04. The molecule has 0 radical (unpaired) electrons. The lowest BCUT2D eigenvalue weighted by Crippen LogP contribution is -2.40. The SMILES string of the molecule is CC1(OC(=O)N2CCC(C3C[C@H]3CCO)CC2)CC1. The Morgan fingerprint density at radius 3 is 2.63 bits per heavy atom. The second-order valence-corrected chi connectivity index (χ2v) is 6.81. The quantitative estimate of drug-likeness (QED) is 0.851. The van der Waals surface area contributed by atoms with Crippen molar-refractivity contribution in [2.24, 2.45) is 17.8 Å². The lowest BCUT2D eigenvalue weighted by molar-refractivity contribution is 0.0473. The van der Waals surface area contributed by atoms with Crippen LogP contribution < -0.4 is 0 Å². The molecule has 2 aliphatic carbocycles. The Morgan fingerprint density at radius 2 is 2.05 bits per heavy atom. The summed E-state index contributed by atoms with van der Waals surface area (Å²) in [6.45, 7) is 4.04. The van der Waals surface area contributed by atoms with Crippen molar-refractivity contribution in [3.63, 3.8) is 0 Å². The van der Waals surface area contributed by atoms with Crippen LogP contribution in [-0.4, -0.2) is 41.4 Å². The minimum atomic E-state index is -0.156. The van der Waals surface area contributed by atoms with E-state index in [4.69, 9.17) is 9.84 Å². The summed E-state index contributed by atoms with van der Waals surface area (Å²) in [4.78, 5) is 13.9. The molecule has 2 saturated carbocycles. The number of likely N-dealkylation sites (tertiary alicyclic amines) is 1. The summed E-state index contributed by atoms with van der Waals surface area (Å²) >= 11 is 0. The summed E-state index contributed by atoms with van der Waals surface area (Å²) in [7, 11) is 0. The van der Waals surface area contributed by atoms with E-state index in [1.807, 2.05) is 11.8 Å². The molecule has 1 heterocycles. The Bertz CT molecular complexity index is 345. The van der Waals surface area contributed by atoms with Gasteiger partial charge in [-0.2, -0.15) is 0 Å². The van der Waals surface area contributed by atoms with Crippen LogP contribution in [0.4, 0.5) is 4.79 Å². The van der Waals surface area contributed by atoms with Gasteiger partial charge in [-0.15, -0.1) is 0 Å². The molecule has 2 atom stereocenters. The highest BCUT2D eigenvalue weighted by molar-refractivity contribution is 5.68. The highest BCUT2D eigenvalue weighted by atomic mass is 16.6. The Labute approximate surface area is 115 Å². The van der Waals surface area contributed by atoms with Crippen LogP contribution >= 0.6 is 0 Å². The molecular weight excluding hydrogens is 242 g/mol. The molecule has 19 heavy (non-hydrogen) atoms. The summed E-state index contributed by atoms with van der Waals surface area (Å²) in [5, 5.41) is 8.95. The first kappa shape index (κ1) is 13.2. The molecule has 1 unspecified atom stereocenters. The Kier molecular flexibility index (Phi) is 3.46. The zero-order valence-corrected chi connectivity index (χ0v) is 11.8. The van der Waals surface area contributed by atoms with Gasteiger partial charge < -0.3 is 14.7 Å². The number of carbonyl (C=O) groups excluding carboxylic acids is 1. The highest BCUT2D eigenvalue weighted by Crippen LogP contribution is 2.49. The molecule has 3 rings (SSSR count). The molecule has 108 valence electrons. The minimum absolute atomic E-state index is 0.110. The van der Waals surface area contributed by atoms with Gasteiger partial charge >= 0.3 is 6.09 Å². The topological polar surface area (TPSA) is 49.8 Å². The molecule has 0 spiro atoms. The first-order valence-corrected chi connectivity index (χ1v) is 7.70. The van der Waals surface area contributed by atoms with Crippen molar-refractivity contribution in [2.75, 3.05) is 19.7 Å². The van der Waals surface area contributed by atoms with Gasteiger partial charge in [-0.1, -0.05) is 0 Å².